The molecule has 0 spiro atoms. The number of oxime groups is 1. The van der Waals surface area contributed by atoms with Crippen molar-refractivity contribution in [2.24, 2.45) is 10.9 Å². The molecule has 0 heterocycles. The van der Waals surface area contributed by atoms with E-state index in [0.717, 1.165) is 0 Å². The van der Waals surface area contributed by atoms with Crippen LogP contribution in [0.15, 0.2) is 29.4 Å². The molecule has 19 heavy (non-hydrogen) atoms. The minimum absolute atomic E-state index is 0.148. The Kier molecular flexibility index (Phi) is 6.00. The van der Waals surface area contributed by atoms with Crippen molar-refractivity contribution < 1.29 is 14.7 Å². The van der Waals surface area contributed by atoms with E-state index < -0.39 is 0 Å². The van der Waals surface area contributed by atoms with Gasteiger partial charge >= 0.3 is 6.03 Å². The van der Waals surface area contributed by atoms with E-state index in [2.05, 4.69) is 15.8 Å². The first-order valence-corrected chi connectivity index (χ1v) is 5.81. The first-order chi connectivity index (χ1) is 9.15. The third-order valence-electron chi connectivity index (χ3n) is 2.35. The Hall–Kier alpha value is -2.44. The number of nitrogens with one attached hydrogen (secondary N) is 2. The van der Waals surface area contributed by atoms with Crippen LogP contribution in [0.5, 0.6) is 5.75 Å². The van der Waals surface area contributed by atoms with Gasteiger partial charge in [0.2, 0.25) is 0 Å². The Morgan fingerprint density at radius 2 is 2.32 bits per heavy atom. The lowest BCUT2D eigenvalue weighted by Crippen LogP contribution is -2.30. The van der Waals surface area contributed by atoms with Crippen molar-refractivity contribution in [2.75, 3.05) is 19.0 Å². The molecule has 1 aromatic carbocycles. The third kappa shape index (κ3) is 5.62. The second kappa shape index (κ2) is 7.80. The quantitative estimate of drug-likeness (QED) is 0.205. The fourth-order valence-electron chi connectivity index (χ4n) is 1.40. The zero-order valence-corrected chi connectivity index (χ0v) is 10.7. The highest BCUT2D eigenvalue weighted by Gasteiger charge is 2.02. The molecule has 1 aromatic rings. The molecule has 0 saturated carbocycles. The first kappa shape index (κ1) is 14.6. The van der Waals surface area contributed by atoms with Crippen LogP contribution in [0.1, 0.15) is 12.8 Å². The van der Waals surface area contributed by atoms with Crippen molar-refractivity contribution in [3.63, 3.8) is 0 Å². The van der Waals surface area contributed by atoms with Crippen molar-refractivity contribution in [3.05, 3.63) is 24.3 Å². The molecule has 0 aliphatic heterocycles. The summed E-state index contributed by atoms with van der Waals surface area (Å²) in [4.78, 5) is 11.6. The molecule has 0 aromatic heterocycles. The number of amidine groups is 1. The molecule has 0 unspecified atom stereocenters. The number of benzene rings is 1. The summed E-state index contributed by atoms with van der Waals surface area (Å²) in [6, 6.07) is 6.74. The zero-order valence-electron chi connectivity index (χ0n) is 10.7. The molecule has 1 rings (SSSR count). The highest BCUT2D eigenvalue weighted by Crippen LogP contribution is 2.16. The minimum atomic E-state index is -0.312. The second-order valence-corrected chi connectivity index (χ2v) is 3.81. The van der Waals surface area contributed by atoms with E-state index in [1.54, 1.807) is 31.4 Å². The molecule has 7 heteroatoms. The van der Waals surface area contributed by atoms with Crippen LogP contribution >= 0.6 is 0 Å². The van der Waals surface area contributed by atoms with E-state index >= 15 is 0 Å². The predicted molar refractivity (Wildman–Crippen MR) is 72.7 cm³/mol. The fraction of sp³-hybridized carbons (Fsp3) is 0.333. The van der Waals surface area contributed by atoms with Crippen LogP contribution in [0, 0.1) is 0 Å². The Morgan fingerprint density at radius 1 is 1.53 bits per heavy atom. The van der Waals surface area contributed by atoms with Crippen molar-refractivity contribution in [3.8, 4) is 5.75 Å². The Morgan fingerprint density at radius 3 is 3.00 bits per heavy atom. The van der Waals surface area contributed by atoms with Crippen LogP contribution in [0.3, 0.4) is 0 Å². The van der Waals surface area contributed by atoms with Crippen molar-refractivity contribution in [1.29, 1.82) is 0 Å². The van der Waals surface area contributed by atoms with E-state index in [0.29, 0.717) is 30.8 Å². The van der Waals surface area contributed by atoms with Crippen molar-refractivity contribution in [2.45, 2.75) is 12.8 Å². The topological polar surface area (TPSA) is 109 Å². The molecular formula is C12H18N4O3. The largest absolute Gasteiger partial charge is 0.497 e. The van der Waals surface area contributed by atoms with Gasteiger partial charge in [0, 0.05) is 24.7 Å². The lowest BCUT2D eigenvalue weighted by molar-refractivity contribution is 0.252. The standard InChI is InChI=1S/C12H18N4O3/c1-19-10-5-2-4-9(8-10)15-12(17)14-7-3-6-11(13)16-18/h2,4-5,8,18H,3,6-7H2,1H3,(H2,13,16)(H2,14,15,17). The fourth-order valence-corrected chi connectivity index (χ4v) is 1.40. The predicted octanol–water partition coefficient (Wildman–Crippen LogP) is 1.34. The van der Waals surface area contributed by atoms with Crippen LogP contribution in [-0.4, -0.2) is 30.7 Å². The molecule has 5 N–H and O–H groups in total. The van der Waals surface area contributed by atoms with Gasteiger partial charge in [0.1, 0.15) is 11.6 Å². The molecular weight excluding hydrogens is 248 g/mol. The number of anilines is 1. The van der Waals surface area contributed by atoms with Gasteiger partial charge in [0.15, 0.2) is 0 Å². The second-order valence-electron chi connectivity index (χ2n) is 3.81. The normalized spacial score (nSPS) is 10.9. The van der Waals surface area contributed by atoms with Gasteiger partial charge in [-0.05, 0) is 18.6 Å². The molecule has 2 amide bonds. The molecule has 0 aliphatic carbocycles. The number of urea groups is 1. The Balaban J connectivity index is 2.30. The van der Waals surface area contributed by atoms with E-state index in [-0.39, 0.29) is 11.9 Å². The van der Waals surface area contributed by atoms with Gasteiger partial charge in [-0.1, -0.05) is 11.2 Å². The Bertz CT molecular complexity index is 448. The average Bonchev–Trinajstić information content (AvgIpc) is 2.43. The number of nitrogens with zero attached hydrogens (tertiary/aromatic N) is 1. The van der Waals surface area contributed by atoms with Gasteiger partial charge in [0.25, 0.3) is 0 Å². The number of rotatable bonds is 6. The maximum atomic E-state index is 11.6. The molecule has 0 atom stereocenters. The van der Waals surface area contributed by atoms with E-state index in [9.17, 15) is 4.79 Å². The molecule has 7 nitrogen and oxygen atoms in total. The summed E-state index contributed by atoms with van der Waals surface area (Å²) in [5, 5.41) is 16.5. The number of amides is 2. The van der Waals surface area contributed by atoms with E-state index in [4.69, 9.17) is 15.7 Å². The number of hydrogen-bond acceptors (Lipinski definition) is 4. The van der Waals surface area contributed by atoms with Crippen molar-refractivity contribution in [1.82, 2.24) is 5.32 Å². The summed E-state index contributed by atoms with van der Waals surface area (Å²) in [6.45, 7) is 0.437. The lowest BCUT2D eigenvalue weighted by Gasteiger charge is -2.08. The Labute approximate surface area is 111 Å². The van der Waals surface area contributed by atoms with Gasteiger partial charge < -0.3 is 26.3 Å². The number of carbonyl (C=O) groups excluding carboxylic acids is 1. The summed E-state index contributed by atoms with van der Waals surface area (Å²) in [5.74, 6) is 0.819. The summed E-state index contributed by atoms with van der Waals surface area (Å²) in [5.41, 5.74) is 5.95. The maximum Gasteiger partial charge on any atom is 0.319 e. The molecule has 0 saturated heterocycles. The van der Waals surface area contributed by atoms with Gasteiger partial charge in [-0.25, -0.2) is 4.79 Å². The van der Waals surface area contributed by atoms with Crippen LogP contribution in [0.4, 0.5) is 10.5 Å². The minimum Gasteiger partial charge on any atom is -0.497 e. The number of methoxy groups -OCH3 is 1. The number of ether oxygens (including phenoxy) is 1. The molecule has 0 aliphatic rings. The van der Waals surface area contributed by atoms with Gasteiger partial charge in [-0.2, -0.15) is 0 Å². The highest BCUT2D eigenvalue weighted by molar-refractivity contribution is 5.89. The molecule has 0 fully saturated rings. The number of hydrogen-bond donors (Lipinski definition) is 4. The monoisotopic (exact) mass is 266 g/mol. The van der Waals surface area contributed by atoms with Gasteiger partial charge in [-0.15, -0.1) is 0 Å². The smallest absolute Gasteiger partial charge is 0.319 e. The van der Waals surface area contributed by atoms with Gasteiger partial charge in [-0.3, -0.25) is 0 Å². The first-order valence-electron chi connectivity index (χ1n) is 5.81. The van der Waals surface area contributed by atoms with Crippen LogP contribution < -0.4 is 21.1 Å². The third-order valence-corrected chi connectivity index (χ3v) is 2.35. The summed E-state index contributed by atoms with van der Waals surface area (Å²) < 4.78 is 5.05. The maximum absolute atomic E-state index is 11.6. The lowest BCUT2D eigenvalue weighted by atomic mass is 10.3. The SMILES string of the molecule is COc1cccc(NC(=O)NCCCC(N)=NO)c1. The van der Waals surface area contributed by atoms with E-state index in [1.807, 2.05) is 0 Å². The summed E-state index contributed by atoms with van der Waals surface area (Å²) in [6.07, 6.45) is 1.03. The highest BCUT2D eigenvalue weighted by atomic mass is 16.5. The molecule has 0 bridgehead atoms. The van der Waals surface area contributed by atoms with Crippen LogP contribution in [-0.2, 0) is 0 Å². The summed E-state index contributed by atoms with van der Waals surface area (Å²) in [7, 11) is 1.56. The van der Waals surface area contributed by atoms with E-state index in [1.165, 1.54) is 0 Å². The zero-order chi connectivity index (χ0) is 14.1. The molecule has 0 radical (unpaired) electrons. The van der Waals surface area contributed by atoms with Crippen molar-refractivity contribution >= 4 is 17.6 Å². The summed E-state index contributed by atoms with van der Waals surface area (Å²) >= 11 is 0. The average molecular weight is 266 g/mol. The molecule has 104 valence electrons. The number of nitrogens with two attached hydrogens (primary N) is 1. The van der Waals surface area contributed by atoms with Crippen LogP contribution in [0.2, 0.25) is 0 Å². The van der Waals surface area contributed by atoms with Gasteiger partial charge in [0.05, 0.1) is 7.11 Å². The number of carbonyl (C=O) groups is 1. The van der Waals surface area contributed by atoms with Crippen LogP contribution in [0.25, 0.3) is 0 Å².